The summed E-state index contributed by atoms with van der Waals surface area (Å²) in [5, 5.41) is 0. The van der Waals surface area contributed by atoms with E-state index in [1.165, 1.54) is 28.6 Å². The lowest BCUT2D eigenvalue weighted by Gasteiger charge is -2.31. The molecule has 0 radical (unpaired) electrons. The molecule has 1 heterocycles. The molecule has 6 nitrogen and oxygen atoms in total. The molecule has 0 aromatic heterocycles. The largest absolute Gasteiger partial charge is 0.283 e. The second-order valence-corrected chi connectivity index (χ2v) is 10.9. The molecule has 0 spiro atoms. The summed E-state index contributed by atoms with van der Waals surface area (Å²) in [6.07, 6.45) is 1.38. The molecule has 162 valence electrons. The SMILES string of the molecule is O=S(=O)(Cc1ccc(F)cc1)Nc1ccc2c(c1)N(S(=O)(=O)c1ccccc1)CCC2. The first-order valence-electron chi connectivity index (χ1n) is 9.70. The van der Waals surface area contributed by atoms with E-state index in [1.807, 2.05) is 0 Å². The maximum atomic E-state index is 13.2. The maximum Gasteiger partial charge on any atom is 0.264 e. The number of nitrogens with zero attached hydrogens (tertiary/aromatic N) is 1. The molecule has 0 saturated carbocycles. The maximum absolute atomic E-state index is 13.2. The summed E-state index contributed by atoms with van der Waals surface area (Å²) in [7, 11) is -7.54. The molecule has 0 fully saturated rings. The van der Waals surface area contributed by atoms with Crippen molar-refractivity contribution < 1.29 is 21.2 Å². The molecule has 1 N–H and O–H groups in total. The zero-order chi connectivity index (χ0) is 22.1. The fraction of sp³-hybridized carbons (Fsp3) is 0.182. The minimum absolute atomic E-state index is 0.185. The van der Waals surface area contributed by atoms with Crippen LogP contribution in [-0.2, 0) is 32.2 Å². The third-order valence-electron chi connectivity index (χ3n) is 5.04. The van der Waals surface area contributed by atoms with Crippen molar-refractivity contribution in [3.63, 3.8) is 0 Å². The third kappa shape index (κ3) is 4.72. The van der Waals surface area contributed by atoms with E-state index in [2.05, 4.69) is 4.72 Å². The van der Waals surface area contributed by atoms with Gasteiger partial charge in [-0.2, -0.15) is 0 Å². The molecule has 31 heavy (non-hydrogen) atoms. The average molecular weight is 461 g/mol. The number of nitrogens with one attached hydrogen (secondary N) is 1. The van der Waals surface area contributed by atoms with Gasteiger partial charge in [-0.3, -0.25) is 9.03 Å². The van der Waals surface area contributed by atoms with Crippen LogP contribution in [0.1, 0.15) is 17.5 Å². The number of hydrogen-bond acceptors (Lipinski definition) is 4. The van der Waals surface area contributed by atoms with Crippen molar-refractivity contribution in [3.05, 3.63) is 89.7 Å². The molecule has 3 aromatic rings. The van der Waals surface area contributed by atoms with E-state index in [1.54, 1.807) is 48.5 Å². The summed E-state index contributed by atoms with van der Waals surface area (Å²) in [5.74, 6) is -0.764. The van der Waals surface area contributed by atoms with Crippen LogP contribution in [0.4, 0.5) is 15.8 Å². The molecule has 0 aliphatic carbocycles. The van der Waals surface area contributed by atoms with E-state index in [0.29, 0.717) is 30.6 Å². The highest BCUT2D eigenvalue weighted by Crippen LogP contribution is 2.34. The van der Waals surface area contributed by atoms with Crippen LogP contribution in [0.3, 0.4) is 0 Å². The number of anilines is 2. The first-order chi connectivity index (χ1) is 14.7. The van der Waals surface area contributed by atoms with Gasteiger partial charge in [0.15, 0.2) is 0 Å². The van der Waals surface area contributed by atoms with Gasteiger partial charge < -0.3 is 0 Å². The molecule has 0 saturated heterocycles. The molecular formula is C22H21FN2O4S2. The minimum atomic E-state index is -3.77. The van der Waals surface area contributed by atoms with Gasteiger partial charge in [0, 0.05) is 6.54 Å². The summed E-state index contributed by atoms with van der Waals surface area (Å²) in [6.45, 7) is 0.315. The smallest absolute Gasteiger partial charge is 0.264 e. The lowest BCUT2D eigenvalue weighted by Crippen LogP contribution is -2.35. The fourth-order valence-electron chi connectivity index (χ4n) is 3.59. The standard InChI is InChI=1S/C22H21FN2O4S2/c23-19-11-8-17(9-12-19)16-30(26,27)24-20-13-10-18-5-4-14-25(22(18)15-20)31(28,29)21-6-2-1-3-7-21/h1-3,6-13,15,24H,4-5,14,16H2. The zero-order valence-corrected chi connectivity index (χ0v) is 18.2. The second kappa shape index (κ2) is 8.32. The van der Waals surface area contributed by atoms with Crippen molar-refractivity contribution in [3.8, 4) is 0 Å². The lowest BCUT2D eigenvalue weighted by atomic mass is 10.0. The van der Waals surface area contributed by atoms with Gasteiger partial charge in [-0.25, -0.2) is 21.2 Å². The van der Waals surface area contributed by atoms with Crippen molar-refractivity contribution in [2.75, 3.05) is 15.6 Å². The van der Waals surface area contributed by atoms with Crippen molar-refractivity contribution in [2.24, 2.45) is 0 Å². The van der Waals surface area contributed by atoms with Gasteiger partial charge >= 0.3 is 0 Å². The summed E-state index contributed by atoms with van der Waals surface area (Å²) < 4.78 is 68.4. The van der Waals surface area contributed by atoms with Crippen LogP contribution in [0.5, 0.6) is 0 Å². The van der Waals surface area contributed by atoms with E-state index >= 15 is 0 Å². The van der Waals surface area contributed by atoms with Crippen LogP contribution in [0.2, 0.25) is 0 Å². The highest BCUT2D eigenvalue weighted by molar-refractivity contribution is 7.93. The molecule has 0 amide bonds. The number of sulfonamides is 2. The Bertz CT molecular complexity index is 1290. The van der Waals surface area contributed by atoms with Crippen molar-refractivity contribution in [2.45, 2.75) is 23.5 Å². The fourth-order valence-corrected chi connectivity index (χ4v) is 6.33. The Morgan fingerprint density at radius 3 is 2.32 bits per heavy atom. The topological polar surface area (TPSA) is 83.6 Å². The molecule has 1 aliphatic rings. The third-order valence-corrected chi connectivity index (χ3v) is 8.12. The van der Waals surface area contributed by atoms with Gasteiger partial charge in [-0.05, 0) is 60.4 Å². The second-order valence-electron chi connectivity index (χ2n) is 7.32. The van der Waals surface area contributed by atoms with Crippen LogP contribution in [-0.4, -0.2) is 23.4 Å². The van der Waals surface area contributed by atoms with E-state index in [-0.39, 0.29) is 16.3 Å². The van der Waals surface area contributed by atoms with Gasteiger partial charge in [-0.1, -0.05) is 36.4 Å². The zero-order valence-electron chi connectivity index (χ0n) is 16.5. The Labute approximate surface area is 181 Å². The number of rotatable bonds is 6. The Morgan fingerprint density at radius 2 is 1.61 bits per heavy atom. The molecule has 0 unspecified atom stereocenters. The first-order valence-corrected chi connectivity index (χ1v) is 12.8. The Hall–Kier alpha value is -2.91. The molecule has 1 aliphatic heterocycles. The molecule has 3 aromatic carbocycles. The highest BCUT2D eigenvalue weighted by Gasteiger charge is 2.29. The minimum Gasteiger partial charge on any atom is -0.283 e. The van der Waals surface area contributed by atoms with Crippen molar-refractivity contribution >= 4 is 31.4 Å². The molecular weight excluding hydrogens is 439 g/mol. The van der Waals surface area contributed by atoms with Crippen molar-refractivity contribution in [1.82, 2.24) is 0 Å². The highest BCUT2D eigenvalue weighted by atomic mass is 32.2. The van der Waals surface area contributed by atoms with E-state index in [9.17, 15) is 21.2 Å². The molecule has 0 atom stereocenters. The van der Waals surface area contributed by atoms with Gasteiger partial charge in [-0.15, -0.1) is 0 Å². The van der Waals surface area contributed by atoms with Crippen LogP contribution in [0, 0.1) is 5.82 Å². The van der Waals surface area contributed by atoms with Crippen LogP contribution in [0.25, 0.3) is 0 Å². The number of aryl methyl sites for hydroxylation is 1. The normalized spacial score (nSPS) is 14.2. The summed E-state index contributed by atoms with van der Waals surface area (Å²) in [6, 6.07) is 18.3. The number of fused-ring (bicyclic) bond motifs is 1. The summed E-state index contributed by atoms with van der Waals surface area (Å²) in [5.41, 5.74) is 2.03. The van der Waals surface area contributed by atoms with Crippen LogP contribution in [0.15, 0.2) is 77.7 Å². The van der Waals surface area contributed by atoms with Gasteiger partial charge in [0.2, 0.25) is 10.0 Å². The average Bonchev–Trinajstić information content (AvgIpc) is 2.75. The molecule has 0 bridgehead atoms. The molecule has 9 heteroatoms. The molecule has 4 rings (SSSR count). The van der Waals surface area contributed by atoms with E-state index < -0.39 is 25.9 Å². The van der Waals surface area contributed by atoms with Gasteiger partial charge in [0.1, 0.15) is 5.82 Å². The predicted molar refractivity (Wildman–Crippen MR) is 118 cm³/mol. The van der Waals surface area contributed by atoms with Gasteiger partial charge in [0.25, 0.3) is 10.0 Å². The van der Waals surface area contributed by atoms with Crippen LogP contribution < -0.4 is 9.03 Å². The predicted octanol–water partition coefficient (Wildman–Crippen LogP) is 3.91. The Kier molecular flexibility index (Phi) is 5.72. The van der Waals surface area contributed by atoms with Crippen LogP contribution >= 0.6 is 0 Å². The number of halogens is 1. The van der Waals surface area contributed by atoms with E-state index in [0.717, 1.165) is 5.56 Å². The Morgan fingerprint density at radius 1 is 0.903 bits per heavy atom. The lowest BCUT2D eigenvalue weighted by molar-refractivity contribution is 0.586. The van der Waals surface area contributed by atoms with Gasteiger partial charge in [0.05, 0.1) is 22.0 Å². The summed E-state index contributed by atoms with van der Waals surface area (Å²) in [4.78, 5) is 0.185. The number of hydrogen-bond donors (Lipinski definition) is 1. The number of benzene rings is 3. The first kappa shape index (κ1) is 21.3. The van der Waals surface area contributed by atoms with E-state index in [4.69, 9.17) is 0 Å². The monoisotopic (exact) mass is 460 g/mol. The summed E-state index contributed by atoms with van der Waals surface area (Å²) >= 11 is 0. The quantitative estimate of drug-likeness (QED) is 0.605. The Balaban J connectivity index is 1.62. The van der Waals surface area contributed by atoms with Crippen molar-refractivity contribution in [1.29, 1.82) is 0 Å².